The standard InChI is InChI=1S/C17H21FN4.K/c1-5-13(12(4)18)9-20-15-8-10(2)21-16-11(3)14(6-7-19)22-17(15)16;/h4-5,8,22H,1,6-7,9,19H2,2-3H3,(H,20,21);/q-2;+1/b13-5-;. The van der Waals surface area contributed by atoms with Crippen molar-refractivity contribution in [1.82, 2.24) is 9.97 Å². The fourth-order valence-corrected chi connectivity index (χ4v) is 2.44. The number of aromatic nitrogens is 2. The third-order valence-corrected chi connectivity index (χ3v) is 3.65. The van der Waals surface area contributed by atoms with Crippen LogP contribution in [0.4, 0.5) is 10.1 Å². The van der Waals surface area contributed by atoms with Crippen LogP contribution in [0.15, 0.2) is 23.5 Å². The van der Waals surface area contributed by atoms with E-state index >= 15 is 0 Å². The fourth-order valence-electron chi connectivity index (χ4n) is 2.44. The Morgan fingerprint density at radius 3 is 2.78 bits per heavy atom. The monoisotopic (exact) mass is 339 g/mol. The Morgan fingerprint density at radius 2 is 2.22 bits per heavy atom. The Hall–Kier alpha value is -0.634. The molecule has 2 heterocycles. The van der Waals surface area contributed by atoms with Gasteiger partial charge in [0.2, 0.25) is 0 Å². The molecule has 0 aliphatic heterocycles. The molecule has 0 unspecified atom stereocenters. The van der Waals surface area contributed by atoms with Gasteiger partial charge in [0, 0.05) is 17.8 Å². The summed E-state index contributed by atoms with van der Waals surface area (Å²) >= 11 is 0. The maximum absolute atomic E-state index is 13.1. The van der Waals surface area contributed by atoms with Crippen LogP contribution in [-0.2, 0) is 6.42 Å². The normalized spacial score (nSPS) is 11.4. The molecule has 0 aliphatic carbocycles. The average molecular weight is 339 g/mol. The second-order valence-electron chi connectivity index (χ2n) is 5.23. The van der Waals surface area contributed by atoms with E-state index in [0.717, 1.165) is 40.1 Å². The Labute approximate surface area is 179 Å². The first-order valence-electron chi connectivity index (χ1n) is 7.17. The van der Waals surface area contributed by atoms with Gasteiger partial charge in [-0.25, -0.2) is 17.4 Å². The number of hydrogen-bond acceptors (Lipinski definition) is 3. The van der Waals surface area contributed by atoms with Crippen LogP contribution in [-0.4, -0.2) is 23.1 Å². The Bertz CT molecular complexity index is 734. The predicted octanol–water partition coefficient (Wildman–Crippen LogP) is 0.144. The summed E-state index contributed by atoms with van der Waals surface area (Å²) in [5.41, 5.74) is 11.7. The van der Waals surface area contributed by atoms with Crippen LogP contribution in [0.3, 0.4) is 0 Å². The second-order valence-corrected chi connectivity index (χ2v) is 5.23. The van der Waals surface area contributed by atoms with Crippen LogP contribution in [0.25, 0.3) is 11.0 Å². The molecule has 0 saturated heterocycles. The maximum Gasteiger partial charge on any atom is 1.00 e. The van der Waals surface area contributed by atoms with E-state index in [0.29, 0.717) is 12.1 Å². The van der Waals surface area contributed by atoms with Crippen molar-refractivity contribution >= 4 is 16.7 Å². The zero-order valence-corrected chi connectivity index (χ0v) is 17.1. The summed E-state index contributed by atoms with van der Waals surface area (Å²) in [5.74, 6) is -0.726. The zero-order chi connectivity index (χ0) is 16.3. The molecular formula is C17H21FKN4-. The van der Waals surface area contributed by atoms with Crippen molar-refractivity contribution < 1.29 is 55.8 Å². The van der Waals surface area contributed by atoms with Gasteiger partial charge in [-0.2, -0.15) is 5.57 Å². The summed E-state index contributed by atoms with van der Waals surface area (Å²) in [6, 6.07) is 1.92. The minimum absolute atomic E-state index is 0. The quantitative estimate of drug-likeness (QED) is 0.399. The third-order valence-electron chi connectivity index (χ3n) is 3.65. The van der Waals surface area contributed by atoms with Crippen LogP contribution >= 0.6 is 0 Å². The van der Waals surface area contributed by atoms with E-state index < -0.39 is 5.83 Å². The largest absolute Gasteiger partial charge is 1.00 e. The number of aromatic amines is 1. The van der Waals surface area contributed by atoms with E-state index in [1.165, 1.54) is 6.08 Å². The number of anilines is 1. The van der Waals surface area contributed by atoms with Crippen LogP contribution in [0.2, 0.25) is 0 Å². The number of rotatable bonds is 6. The van der Waals surface area contributed by atoms with Gasteiger partial charge in [0.25, 0.3) is 0 Å². The molecule has 2 aromatic heterocycles. The zero-order valence-electron chi connectivity index (χ0n) is 14.0. The summed E-state index contributed by atoms with van der Waals surface area (Å²) in [4.78, 5) is 7.94. The van der Waals surface area contributed by atoms with Crippen molar-refractivity contribution in [3.63, 3.8) is 0 Å². The smallest absolute Gasteiger partial charge is 0.396 e. The molecule has 118 valence electrons. The first kappa shape index (κ1) is 20.4. The number of aryl methyl sites for hydroxylation is 2. The number of nitrogens with zero attached hydrogens (tertiary/aromatic N) is 1. The molecule has 0 spiro atoms. The molecule has 0 aliphatic rings. The Morgan fingerprint density at radius 1 is 1.52 bits per heavy atom. The second kappa shape index (κ2) is 9.01. The van der Waals surface area contributed by atoms with E-state index in [1.807, 2.05) is 19.9 Å². The van der Waals surface area contributed by atoms with Gasteiger partial charge in [-0.05, 0) is 44.4 Å². The molecule has 0 fully saturated rings. The molecule has 23 heavy (non-hydrogen) atoms. The van der Waals surface area contributed by atoms with E-state index in [9.17, 15) is 4.39 Å². The topological polar surface area (TPSA) is 66.7 Å². The van der Waals surface area contributed by atoms with Crippen LogP contribution in [0, 0.1) is 27.4 Å². The molecule has 0 saturated carbocycles. The van der Waals surface area contributed by atoms with Gasteiger partial charge in [0.15, 0.2) is 0 Å². The fraction of sp³-hybridized carbons (Fsp3) is 0.294. The van der Waals surface area contributed by atoms with Gasteiger partial charge < -0.3 is 16.0 Å². The number of halogens is 1. The number of pyridine rings is 1. The molecule has 2 rings (SSSR count). The maximum atomic E-state index is 13.1. The molecule has 4 nitrogen and oxygen atoms in total. The van der Waals surface area contributed by atoms with Gasteiger partial charge in [0.05, 0.1) is 16.7 Å². The summed E-state index contributed by atoms with van der Waals surface area (Å²) < 4.78 is 13.1. The molecule has 4 N–H and O–H groups in total. The number of fused-ring (bicyclic) bond motifs is 1. The van der Waals surface area contributed by atoms with Crippen molar-refractivity contribution in [2.24, 2.45) is 5.73 Å². The number of H-pyrrole nitrogens is 1. The van der Waals surface area contributed by atoms with Crippen molar-refractivity contribution in [1.29, 1.82) is 0 Å². The van der Waals surface area contributed by atoms with E-state index in [-0.39, 0.29) is 57.9 Å². The van der Waals surface area contributed by atoms with Crippen molar-refractivity contribution in [2.75, 3.05) is 18.4 Å². The summed E-state index contributed by atoms with van der Waals surface area (Å²) in [7, 11) is 0. The van der Waals surface area contributed by atoms with E-state index in [2.05, 4.69) is 22.2 Å². The number of hydrogen-bond donors (Lipinski definition) is 3. The van der Waals surface area contributed by atoms with E-state index in [1.54, 1.807) is 0 Å². The van der Waals surface area contributed by atoms with Crippen LogP contribution < -0.4 is 62.4 Å². The average Bonchev–Trinajstić information content (AvgIpc) is 2.77. The molecular weight excluding hydrogens is 318 g/mol. The summed E-state index contributed by atoms with van der Waals surface area (Å²) in [6.45, 7) is 13.5. The van der Waals surface area contributed by atoms with Gasteiger partial charge in [0.1, 0.15) is 0 Å². The van der Waals surface area contributed by atoms with Crippen LogP contribution in [0.1, 0.15) is 17.0 Å². The summed E-state index contributed by atoms with van der Waals surface area (Å²) in [5, 5.41) is 3.19. The SMILES string of the molecule is [CH-]=C(F)/C(=C\[CH2-])CNc1cc(C)nc2c(C)c(CCN)[nH]c12.[K+]. The minimum atomic E-state index is -0.726. The molecule has 6 heteroatoms. The van der Waals surface area contributed by atoms with Crippen molar-refractivity contribution in [2.45, 2.75) is 20.3 Å². The predicted molar refractivity (Wildman–Crippen MR) is 89.2 cm³/mol. The molecule has 0 aromatic carbocycles. The Kier molecular flexibility index (Phi) is 7.99. The summed E-state index contributed by atoms with van der Waals surface area (Å²) in [6.07, 6.45) is 2.17. The van der Waals surface area contributed by atoms with E-state index in [4.69, 9.17) is 12.3 Å². The molecule has 0 amide bonds. The number of nitrogens with two attached hydrogens (primary N) is 1. The molecule has 0 radical (unpaired) electrons. The first-order chi connectivity index (χ1) is 10.5. The number of nitrogens with one attached hydrogen (secondary N) is 2. The molecule has 0 bridgehead atoms. The van der Waals surface area contributed by atoms with Gasteiger partial charge in [-0.1, -0.05) is 0 Å². The third kappa shape index (κ3) is 4.68. The van der Waals surface area contributed by atoms with Crippen LogP contribution in [0.5, 0.6) is 0 Å². The van der Waals surface area contributed by atoms with Crippen molar-refractivity contribution in [3.05, 3.63) is 54.0 Å². The first-order valence-corrected chi connectivity index (χ1v) is 7.17. The molecule has 0 atom stereocenters. The van der Waals surface area contributed by atoms with Crippen molar-refractivity contribution in [3.8, 4) is 0 Å². The Balaban J connectivity index is 0.00000264. The minimum Gasteiger partial charge on any atom is -0.396 e. The number of allylic oxidation sites excluding steroid dienone is 1. The van der Waals surface area contributed by atoms with Gasteiger partial charge >= 0.3 is 51.4 Å². The van der Waals surface area contributed by atoms with Gasteiger partial charge in [-0.15, -0.1) is 0 Å². The van der Waals surface area contributed by atoms with Gasteiger partial charge in [-0.3, -0.25) is 11.6 Å². The molecule has 2 aromatic rings.